The van der Waals surface area contributed by atoms with Gasteiger partial charge in [0.2, 0.25) is 0 Å². The molecule has 0 fully saturated rings. The van der Waals surface area contributed by atoms with Gasteiger partial charge in [0.15, 0.2) is 6.10 Å². The van der Waals surface area contributed by atoms with Gasteiger partial charge in [0.1, 0.15) is 12.4 Å². The van der Waals surface area contributed by atoms with Gasteiger partial charge < -0.3 is 14.4 Å². The van der Waals surface area contributed by atoms with Gasteiger partial charge in [-0.25, -0.2) is 9.37 Å². The monoisotopic (exact) mass is 430 g/mol. The third-order valence-corrected chi connectivity index (χ3v) is 5.23. The Morgan fingerprint density at radius 1 is 0.906 bits per heavy atom. The van der Waals surface area contributed by atoms with Gasteiger partial charge in [-0.15, -0.1) is 0 Å². The van der Waals surface area contributed by atoms with E-state index >= 15 is 0 Å². The zero-order valence-corrected chi connectivity index (χ0v) is 18.4. The van der Waals surface area contributed by atoms with E-state index in [1.54, 1.807) is 0 Å². The summed E-state index contributed by atoms with van der Waals surface area (Å²) < 4.78 is 25.0. The number of hydrogen-bond acceptors (Lipinski definition) is 4. The first-order valence-corrected chi connectivity index (χ1v) is 10.7. The average molecular weight is 431 g/mol. The first-order valence-electron chi connectivity index (χ1n) is 10.7. The van der Waals surface area contributed by atoms with Crippen molar-refractivity contribution in [2.24, 2.45) is 0 Å². The fourth-order valence-corrected chi connectivity index (χ4v) is 3.45. The number of alkyl halides is 1. The van der Waals surface area contributed by atoms with Gasteiger partial charge in [0.25, 0.3) is 0 Å². The molecule has 0 aliphatic carbocycles. The average Bonchev–Trinajstić information content (AvgIpc) is 2.83. The largest absolute Gasteiger partial charge is 0.485 e. The lowest BCUT2D eigenvalue weighted by molar-refractivity contribution is 0.0298. The number of anilines is 1. The minimum absolute atomic E-state index is 0.176. The van der Waals surface area contributed by atoms with E-state index in [-0.39, 0.29) is 6.61 Å². The van der Waals surface area contributed by atoms with Crippen LogP contribution in [0.25, 0.3) is 22.2 Å². The van der Waals surface area contributed by atoms with Gasteiger partial charge in [-0.1, -0.05) is 48.5 Å². The lowest BCUT2D eigenvalue weighted by Crippen LogP contribution is -2.25. The summed E-state index contributed by atoms with van der Waals surface area (Å²) in [5, 5.41) is 1.00. The summed E-state index contributed by atoms with van der Waals surface area (Å²) in [4.78, 5) is 6.86. The Kier molecular flexibility index (Phi) is 6.97. The number of pyridine rings is 1. The zero-order valence-electron chi connectivity index (χ0n) is 18.4. The first kappa shape index (κ1) is 21.8. The highest BCUT2D eigenvalue weighted by molar-refractivity contribution is 5.83. The topological polar surface area (TPSA) is 34.6 Å². The normalized spacial score (nSPS) is 12.0. The Morgan fingerprint density at radius 3 is 2.38 bits per heavy atom. The highest BCUT2D eigenvalue weighted by Gasteiger charge is 2.12. The van der Waals surface area contributed by atoms with Crippen molar-refractivity contribution in [3.05, 3.63) is 90.5 Å². The van der Waals surface area contributed by atoms with Crippen LogP contribution < -0.4 is 9.64 Å². The van der Waals surface area contributed by atoms with E-state index in [0.29, 0.717) is 12.4 Å². The van der Waals surface area contributed by atoms with Crippen LogP contribution in [0.2, 0.25) is 0 Å². The van der Waals surface area contributed by atoms with Gasteiger partial charge in [-0.2, -0.15) is 0 Å². The standard InChI is InChI=1S/C27H27FN2O2/c1-30(2)23-12-8-21(9-13-23)26-15-11-22-10-14-24(16-27(22)29-26)32-25(17-28)19-31-18-20-6-4-3-5-7-20/h3-16,25H,17-19H2,1-2H3. The maximum atomic E-state index is 13.5. The highest BCUT2D eigenvalue weighted by atomic mass is 19.1. The van der Waals surface area contributed by atoms with Gasteiger partial charge >= 0.3 is 0 Å². The quantitative estimate of drug-likeness (QED) is 0.331. The summed E-state index contributed by atoms with van der Waals surface area (Å²) >= 11 is 0. The molecule has 0 bridgehead atoms. The first-order chi connectivity index (χ1) is 15.6. The number of halogens is 1. The Balaban J connectivity index is 1.45. The number of aromatic nitrogens is 1. The molecule has 1 unspecified atom stereocenters. The molecule has 164 valence electrons. The molecule has 4 nitrogen and oxygen atoms in total. The van der Waals surface area contributed by atoms with Crippen molar-refractivity contribution in [2.45, 2.75) is 12.7 Å². The molecule has 32 heavy (non-hydrogen) atoms. The predicted molar refractivity (Wildman–Crippen MR) is 128 cm³/mol. The predicted octanol–water partition coefficient (Wildman–Crippen LogP) is 5.90. The van der Waals surface area contributed by atoms with Crippen LogP contribution >= 0.6 is 0 Å². The van der Waals surface area contributed by atoms with E-state index in [1.165, 1.54) is 0 Å². The second-order valence-corrected chi connectivity index (χ2v) is 7.89. The van der Waals surface area contributed by atoms with Crippen molar-refractivity contribution in [3.63, 3.8) is 0 Å². The van der Waals surface area contributed by atoms with Crippen LogP contribution in [0.1, 0.15) is 5.56 Å². The van der Waals surface area contributed by atoms with Gasteiger partial charge in [-0.3, -0.25) is 0 Å². The lowest BCUT2D eigenvalue weighted by atomic mass is 10.1. The fraction of sp³-hybridized carbons (Fsp3) is 0.222. The molecular formula is C27H27FN2O2. The van der Waals surface area contributed by atoms with Crippen LogP contribution in [0.4, 0.5) is 10.1 Å². The van der Waals surface area contributed by atoms with E-state index in [2.05, 4.69) is 29.2 Å². The third-order valence-electron chi connectivity index (χ3n) is 5.23. The molecular weight excluding hydrogens is 403 g/mol. The van der Waals surface area contributed by atoms with E-state index in [9.17, 15) is 4.39 Å². The Morgan fingerprint density at radius 2 is 1.66 bits per heavy atom. The molecule has 4 rings (SSSR count). The second-order valence-electron chi connectivity index (χ2n) is 7.89. The smallest absolute Gasteiger partial charge is 0.150 e. The van der Waals surface area contributed by atoms with Crippen LogP contribution in [-0.2, 0) is 11.3 Å². The number of rotatable bonds is 9. The van der Waals surface area contributed by atoms with E-state index < -0.39 is 12.8 Å². The molecule has 4 aromatic rings. The van der Waals surface area contributed by atoms with E-state index in [1.807, 2.05) is 74.8 Å². The van der Waals surface area contributed by atoms with Crippen molar-refractivity contribution in [2.75, 3.05) is 32.3 Å². The number of ether oxygens (including phenoxy) is 2. The van der Waals surface area contributed by atoms with E-state index in [0.717, 1.165) is 33.4 Å². The molecule has 0 amide bonds. The van der Waals surface area contributed by atoms with Crippen molar-refractivity contribution in [3.8, 4) is 17.0 Å². The molecule has 0 aliphatic rings. The summed E-state index contributed by atoms with van der Waals surface area (Å²) in [6, 6.07) is 27.8. The second kappa shape index (κ2) is 10.2. The molecule has 1 aromatic heterocycles. The van der Waals surface area contributed by atoms with Crippen LogP contribution in [0.3, 0.4) is 0 Å². The fourth-order valence-electron chi connectivity index (χ4n) is 3.45. The van der Waals surface area contributed by atoms with Crippen LogP contribution in [0.5, 0.6) is 5.75 Å². The van der Waals surface area contributed by atoms with Crippen molar-refractivity contribution >= 4 is 16.6 Å². The van der Waals surface area contributed by atoms with Crippen molar-refractivity contribution in [1.29, 1.82) is 0 Å². The SMILES string of the molecule is CN(C)c1ccc(-c2ccc3ccc(OC(CF)COCc4ccccc4)cc3n2)cc1. The maximum Gasteiger partial charge on any atom is 0.150 e. The Labute approximate surface area is 188 Å². The Bertz CT molecular complexity index is 1150. The number of fused-ring (bicyclic) bond motifs is 1. The van der Waals surface area contributed by atoms with Gasteiger partial charge in [0.05, 0.1) is 24.4 Å². The summed E-state index contributed by atoms with van der Waals surface area (Å²) in [7, 11) is 4.03. The molecule has 0 radical (unpaired) electrons. The Hall–Kier alpha value is -3.44. The van der Waals surface area contributed by atoms with E-state index in [4.69, 9.17) is 14.5 Å². The molecule has 0 saturated heterocycles. The van der Waals surface area contributed by atoms with Gasteiger partial charge in [0, 0.05) is 36.8 Å². The maximum absolute atomic E-state index is 13.5. The summed E-state index contributed by atoms with van der Waals surface area (Å²) in [5.41, 5.74) is 4.91. The number of nitrogens with zero attached hydrogens (tertiary/aromatic N) is 2. The van der Waals surface area contributed by atoms with Crippen LogP contribution in [0.15, 0.2) is 84.9 Å². The molecule has 0 saturated carbocycles. The summed E-state index contributed by atoms with van der Waals surface area (Å²) in [6.07, 6.45) is -0.669. The molecule has 1 heterocycles. The molecule has 0 spiro atoms. The van der Waals surface area contributed by atoms with Crippen LogP contribution in [0, 0.1) is 0 Å². The molecule has 0 aliphatic heterocycles. The minimum Gasteiger partial charge on any atom is -0.485 e. The summed E-state index contributed by atoms with van der Waals surface area (Å²) in [6.45, 7) is -0.0242. The van der Waals surface area contributed by atoms with Crippen molar-refractivity contribution in [1.82, 2.24) is 4.98 Å². The van der Waals surface area contributed by atoms with Crippen LogP contribution in [-0.4, -0.2) is 38.5 Å². The van der Waals surface area contributed by atoms with Gasteiger partial charge in [-0.05, 0) is 35.9 Å². The highest BCUT2D eigenvalue weighted by Crippen LogP contribution is 2.26. The molecule has 1 atom stereocenters. The molecule has 0 N–H and O–H groups in total. The number of benzene rings is 3. The number of hydrogen-bond donors (Lipinski definition) is 0. The lowest BCUT2D eigenvalue weighted by Gasteiger charge is -2.17. The van der Waals surface area contributed by atoms with Crippen molar-refractivity contribution < 1.29 is 13.9 Å². The summed E-state index contributed by atoms with van der Waals surface area (Å²) in [5.74, 6) is 0.580. The molecule has 3 aromatic carbocycles. The zero-order chi connectivity index (χ0) is 22.3. The minimum atomic E-state index is -0.669. The third kappa shape index (κ3) is 5.42. The molecule has 5 heteroatoms.